The Morgan fingerprint density at radius 1 is 1.28 bits per heavy atom. The molecule has 0 spiro atoms. The molecule has 0 saturated carbocycles. The molecule has 0 atom stereocenters. The molecule has 1 heterocycles. The lowest BCUT2D eigenvalue weighted by Crippen LogP contribution is -2.40. The molecule has 0 aliphatic heterocycles. The summed E-state index contributed by atoms with van der Waals surface area (Å²) in [4.78, 5) is 13.3. The van der Waals surface area contributed by atoms with Gasteiger partial charge in [-0.3, -0.25) is 4.99 Å². The molecule has 0 radical (unpaired) electrons. The van der Waals surface area contributed by atoms with Crippen molar-refractivity contribution in [2.45, 2.75) is 65.5 Å². The van der Waals surface area contributed by atoms with E-state index >= 15 is 0 Å². The molecule has 7 heteroatoms. The second-order valence-corrected chi connectivity index (χ2v) is 8.62. The molecule has 2 N–H and O–H groups in total. The van der Waals surface area contributed by atoms with E-state index in [2.05, 4.69) is 50.3 Å². The minimum atomic E-state index is 0. The Hall–Kier alpha value is -0.410. The van der Waals surface area contributed by atoms with Crippen LogP contribution in [0.3, 0.4) is 0 Å². The summed E-state index contributed by atoms with van der Waals surface area (Å²) < 4.78 is 0. The summed E-state index contributed by atoms with van der Waals surface area (Å²) in [5.41, 5.74) is 1.48. The SMILES string of the molecule is CCNC(=NCCNC(C)(C)C)N(C)Cc1nc2c(s1)CCCC2.I. The first-order valence-electron chi connectivity index (χ1n) is 9.11. The van der Waals surface area contributed by atoms with Gasteiger partial charge in [-0.25, -0.2) is 4.98 Å². The highest BCUT2D eigenvalue weighted by Gasteiger charge is 2.17. The Kier molecular flexibility index (Phi) is 9.66. The van der Waals surface area contributed by atoms with E-state index in [1.54, 1.807) is 0 Å². The van der Waals surface area contributed by atoms with Crippen LogP contribution < -0.4 is 10.6 Å². The Morgan fingerprint density at radius 3 is 2.64 bits per heavy atom. The molecule has 144 valence electrons. The van der Waals surface area contributed by atoms with Crippen LogP contribution in [0.25, 0.3) is 0 Å². The zero-order valence-electron chi connectivity index (χ0n) is 16.3. The highest BCUT2D eigenvalue weighted by molar-refractivity contribution is 14.0. The second kappa shape index (κ2) is 10.7. The highest BCUT2D eigenvalue weighted by Crippen LogP contribution is 2.27. The highest BCUT2D eigenvalue weighted by atomic mass is 127. The third-order valence-electron chi connectivity index (χ3n) is 3.99. The van der Waals surface area contributed by atoms with Gasteiger partial charge in [0.2, 0.25) is 0 Å². The molecule has 1 aromatic rings. The Labute approximate surface area is 174 Å². The molecular weight excluding hydrogens is 445 g/mol. The van der Waals surface area contributed by atoms with E-state index in [1.807, 2.05) is 11.3 Å². The maximum atomic E-state index is 4.84. The number of halogens is 1. The van der Waals surface area contributed by atoms with Crippen LogP contribution >= 0.6 is 35.3 Å². The van der Waals surface area contributed by atoms with Crippen LogP contribution in [0.1, 0.15) is 56.1 Å². The third-order valence-corrected chi connectivity index (χ3v) is 5.13. The number of guanidine groups is 1. The summed E-state index contributed by atoms with van der Waals surface area (Å²) in [5.74, 6) is 0.960. The van der Waals surface area contributed by atoms with Gasteiger partial charge in [0.1, 0.15) is 5.01 Å². The van der Waals surface area contributed by atoms with Crippen molar-refractivity contribution in [1.29, 1.82) is 0 Å². The van der Waals surface area contributed by atoms with E-state index in [0.717, 1.165) is 38.6 Å². The molecule has 0 bridgehead atoms. The minimum Gasteiger partial charge on any atom is -0.357 e. The normalized spacial score (nSPS) is 14.7. The first kappa shape index (κ1) is 22.6. The van der Waals surface area contributed by atoms with Gasteiger partial charge >= 0.3 is 0 Å². The van der Waals surface area contributed by atoms with Crippen molar-refractivity contribution in [1.82, 2.24) is 20.5 Å². The van der Waals surface area contributed by atoms with Crippen LogP contribution in [0.15, 0.2) is 4.99 Å². The van der Waals surface area contributed by atoms with Crippen molar-refractivity contribution in [2.75, 3.05) is 26.7 Å². The standard InChI is InChI=1S/C18H33N5S.HI/c1-6-19-17(20-11-12-21-18(2,3)4)23(5)13-16-22-14-9-7-8-10-15(14)24-16;/h21H,6-13H2,1-5H3,(H,19,20);1H. The fourth-order valence-corrected chi connectivity index (χ4v) is 4.02. The number of nitrogens with zero attached hydrogens (tertiary/aromatic N) is 3. The summed E-state index contributed by atoms with van der Waals surface area (Å²) in [5, 5.41) is 8.08. The molecule has 0 saturated heterocycles. The number of aryl methyl sites for hydroxylation is 2. The first-order chi connectivity index (χ1) is 11.4. The van der Waals surface area contributed by atoms with Crippen LogP contribution in [-0.4, -0.2) is 48.1 Å². The monoisotopic (exact) mass is 479 g/mol. The Balaban J connectivity index is 0.00000312. The number of hydrogen-bond donors (Lipinski definition) is 2. The van der Waals surface area contributed by atoms with Gasteiger partial charge in [0, 0.05) is 30.6 Å². The molecule has 1 aliphatic carbocycles. The van der Waals surface area contributed by atoms with Gasteiger partial charge in [-0.05, 0) is 53.4 Å². The maximum Gasteiger partial charge on any atom is 0.194 e. The third kappa shape index (κ3) is 7.78. The van der Waals surface area contributed by atoms with Crippen LogP contribution in [0, 0.1) is 0 Å². The van der Waals surface area contributed by atoms with E-state index in [0.29, 0.717) is 0 Å². The zero-order valence-corrected chi connectivity index (χ0v) is 19.5. The zero-order chi connectivity index (χ0) is 17.6. The van der Waals surface area contributed by atoms with Crippen molar-refractivity contribution in [3.63, 3.8) is 0 Å². The van der Waals surface area contributed by atoms with E-state index < -0.39 is 0 Å². The average molecular weight is 479 g/mol. The molecule has 25 heavy (non-hydrogen) atoms. The van der Waals surface area contributed by atoms with Crippen molar-refractivity contribution in [2.24, 2.45) is 4.99 Å². The lowest BCUT2D eigenvalue weighted by atomic mass is 10.0. The largest absolute Gasteiger partial charge is 0.357 e. The number of aliphatic imine (C=N–C) groups is 1. The van der Waals surface area contributed by atoms with Crippen molar-refractivity contribution in [3.05, 3.63) is 15.6 Å². The molecule has 1 aromatic heterocycles. The van der Waals surface area contributed by atoms with Crippen molar-refractivity contribution < 1.29 is 0 Å². The number of rotatable bonds is 6. The van der Waals surface area contributed by atoms with Crippen LogP contribution in [0.2, 0.25) is 0 Å². The van der Waals surface area contributed by atoms with Crippen LogP contribution in [0.4, 0.5) is 0 Å². The van der Waals surface area contributed by atoms with Crippen molar-refractivity contribution in [3.8, 4) is 0 Å². The summed E-state index contributed by atoms with van der Waals surface area (Å²) in [6.45, 7) is 12.0. The van der Waals surface area contributed by atoms with E-state index in [4.69, 9.17) is 9.98 Å². The van der Waals surface area contributed by atoms with Gasteiger partial charge < -0.3 is 15.5 Å². The Bertz CT molecular complexity index is 527. The molecule has 0 fully saturated rings. The molecule has 0 amide bonds. The topological polar surface area (TPSA) is 52.6 Å². The van der Waals surface area contributed by atoms with Gasteiger partial charge in [0.25, 0.3) is 0 Å². The number of hydrogen-bond acceptors (Lipinski definition) is 4. The van der Waals surface area contributed by atoms with Gasteiger partial charge in [-0.2, -0.15) is 0 Å². The van der Waals surface area contributed by atoms with Gasteiger partial charge in [0.05, 0.1) is 18.8 Å². The predicted octanol–water partition coefficient (Wildman–Crippen LogP) is 3.43. The van der Waals surface area contributed by atoms with Gasteiger partial charge in [0.15, 0.2) is 5.96 Å². The lowest BCUT2D eigenvalue weighted by Gasteiger charge is -2.22. The average Bonchev–Trinajstić information content (AvgIpc) is 2.91. The van der Waals surface area contributed by atoms with Gasteiger partial charge in [-0.15, -0.1) is 35.3 Å². The molecule has 1 aliphatic rings. The van der Waals surface area contributed by atoms with Crippen LogP contribution in [0.5, 0.6) is 0 Å². The quantitative estimate of drug-likeness (QED) is 0.284. The minimum absolute atomic E-state index is 0. The summed E-state index contributed by atoms with van der Waals surface area (Å²) in [6.07, 6.45) is 4.97. The number of fused-ring (bicyclic) bond motifs is 1. The van der Waals surface area contributed by atoms with Crippen molar-refractivity contribution >= 4 is 41.3 Å². The fraction of sp³-hybridized carbons (Fsp3) is 0.778. The summed E-state index contributed by atoms with van der Waals surface area (Å²) >= 11 is 1.88. The molecular formula is C18H34IN5S. The maximum absolute atomic E-state index is 4.84. The summed E-state index contributed by atoms with van der Waals surface area (Å²) in [6, 6.07) is 0. The van der Waals surface area contributed by atoms with Gasteiger partial charge in [-0.1, -0.05) is 0 Å². The predicted molar refractivity (Wildman–Crippen MR) is 119 cm³/mol. The first-order valence-corrected chi connectivity index (χ1v) is 9.92. The molecule has 2 rings (SSSR count). The second-order valence-electron chi connectivity index (χ2n) is 7.45. The number of thiazole rings is 1. The fourth-order valence-electron chi connectivity index (χ4n) is 2.81. The number of nitrogens with one attached hydrogen (secondary N) is 2. The smallest absolute Gasteiger partial charge is 0.194 e. The number of aromatic nitrogens is 1. The van der Waals surface area contributed by atoms with E-state index in [1.165, 1.54) is 34.8 Å². The molecule has 5 nitrogen and oxygen atoms in total. The Morgan fingerprint density at radius 2 is 2.00 bits per heavy atom. The van der Waals surface area contributed by atoms with E-state index in [9.17, 15) is 0 Å². The lowest BCUT2D eigenvalue weighted by molar-refractivity contribution is 0.429. The summed E-state index contributed by atoms with van der Waals surface area (Å²) in [7, 11) is 2.10. The van der Waals surface area contributed by atoms with E-state index in [-0.39, 0.29) is 29.5 Å². The molecule has 0 unspecified atom stereocenters. The van der Waals surface area contributed by atoms with Crippen LogP contribution in [-0.2, 0) is 19.4 Å². The molecule has 0 aromatic carbocycles.